The molecule has 0 radical (unpaired) electrons. The van der Waals surface area contributed by atoms with Gasteiger partial charge in [0.15, 0.2) is 0 Å². The molecule has 3 rings (SSSR count). The van der Waals surface area contributed by atoms with E-state index in [0.29, 0.717) is 25.0 Å². The Labute approximate surface area is 136 Å². The van der Waals surface area contributed by atoms with Crippen LogP contribution in [0.3, 0.4) is 0 Å². The van der Waals surface area contributed by atoms with Gasteiger partial charge in [-0.25, -0.2) is 0 Å². The number of aromatic amines is 1. The molecular formula is C19H23NO3. The van der Waals surface area contributed by atoms with Crippen molar-refractivity contribution in [2.45, 2.75) is 50.9 Å². The summed E-state index contributed by atoms with van der Waals surface area (Å²) in [6.07, 6.45) is 5.41. The number of esters is 1. The average molecular weight is 313 g/mol. The number of carbonyl (C=O) groups excluding carboxylic acids is 2. The topological polar surface area (TPSA) is 59.2 Å². The molecule has 2 aromatic rings. The first-order chi connectivity index (χ1) is 11.2. The first kappa shape index (κ1) is 15.8. The van der Waals surface area contributed by atoms with E-state index in [0.717, 1.165) is 31.2 Å². The van der Waals surface area contributed by atoms with Crippen LogP contribution in [0.4, 0.5) is 0 Å². The highest BCUT2D eigenvalue weighted by molar-refractivity contribution is 5.86. The molecule has 122 valence electrons. The maximum Gasteiger partial charge on any atom is 0.305 e. The van der Waals surface area contributed by atoms with Crippen molar-refractivity contribution in [1.29, 1.82) is 0 Å². The second kappa shape index (κ2) is 6.99. The smallest absolute Gasteiger partial charge is 0.305 e. The van der Waals surface area contributed by atoms with Crippen LogP contribution >= 0.6 is 0 Å². The third kappa shape index (κ3) is 3.46. The van der Waals surface area contributed by atoms with Gasteiger partial charge in [0.05, 0.1) is 7.11 Å². The molecule has 1 saturated carbocycles. The summed E-state index contributed by atoms with van der Waals surface area (Å²) in [4.78, 5) is 26.7. The van der Waals surface area contributed by atoms with E-state index in [-0.39, 0.29) is 11.9 Å². The summed E-state index contributed by atoms with van der Waals surface area (Å²) in [7, 11) is 1.42. The molecular weight excluding hydrogens is 290 g/mol. The molecule has 0 amide bonds. The molecule has 1 heterocycles. The molecule has 23 heavy (non-hydrogen) atoms. The van der Waals surface area contributed by atoms with E-state index in [2.05, 4.69) is 17.1 Å². The minimum absolute atomic E-state index is 0.167. The van der Waals surface area contributed by atoms with E-state index in [1.807, 2.05) is 12.1 Å². The maximum absolute atomic E-state index is 11.8. The Bertz CT molecular complexity index is 716. The fourth-order valence-corrected chi connectivity index (χ4v) is 3.62. The van der Waals surface area contributed by atoms with E-state index in [9.17, 15) is 9.59 Å². The van der Waals surface area contributed by atoms with Crippen molar-refractivity contribution in [3.05, 3.63) is 35.5 Å². The number of rotatable bonds is 5. The molecule has 1 unspecified atom stereocenters. The summed E-state index contributed by atoms with van der Waals surface area (Å²) in [6.45, 7) is 0. The van der Waals surface area contributed by atoms with E-state index < -0.39 is 0 Å². The molecule has 0 saturated heterocycles. The van der Waals surface area contributed by atoms with Crippen LogP contribution in [0.1, 0.15) is 55.7 Å². The van der Waals surface area contributed by atoms with Gasteiger partial charge in [-0.1, -0.05) is 18.2 Å². The zero-order chi connectivity index (χ0) is 16.2. The Hall–Kier alpha value is -2.10. The highest BCUT2D eigenvalue weighted by atomic mass is 16.5. The maximum atomic E-state index is 11.8. The summed E-state index contributed by atoms with van der Waals surface area (Å²) in [5.74, 6) is 0.483. The molecule has 0 spiro atoms. The Morgan fingerprint density at radius 2 is 2.17 bits per heavy atom. The Kier molecular flexibility index (Phi) is 4.79. The molecule has 1 atom stereocenters. The Morgan fingerprint density at radius 3 is 2.96 bits per heavy atom. The van der Waals surface area contributed by atoms with Gasteiger partial charge in [0.2, 0.25) is 0 Å². The van der Waals surface area contributed by atoms with E-state index in [1.54, 1.807) is 0 Å². The molecule has 0 bridgehead atoms. The van der Waals surface area contributed by atoms with Crippen LogP contribution in [-0.2, 0) is 20.7 Å². The van der Waals surface area contributed by atoms with Crippen LogP contribution in [0.5, 0.6) is 0 Å². The fourth-order valence-electron chi connectivity index (χ4n) is 3.62. The zero-order valence-electron chi connectivity index (χ0n) is 13.6. The SMILES string of the molecule is COC(=O)CCCc1c(C2CCCC(=O)C2)[nH]c2ccccc12. The fraction of sp³-hybridized carbons (Fsp3) is 0.474. The highest BCUT2D eigenvalue weighted by Crippen LogP contribution is 2.36. The first-order valence-corrected chi connectivity index (χ1v) is 8.37. The molecule has 4 nitrogen and oxygen atoms in total. The number of ketones is 1. The van der Waals surface area contributed by atoms with Crippen LogP contribution in [0.25, 0.3) is 10.9 Å². The molecule has 0 aliphatic heterocycles. The lowest BCUT2D eigenvalue weighted by molar-refractivity contribution is -0.140. The van der Waals surface area contributed by atoms with Crippen LogP contribution in [0.2, 0.25) is 0 Å². The number of H-pyrrole nitrogens is 1. The standard InChI is InChI=1S/C19H23NO3/c1-23-18(22)11-5-9-16-15-8-2-3-10-17(15)20-19(16)13-6-4-7-14(21)12-13/h2-3,8,10,13,20H,4-7,9,11-12H2,1H3. The number of aromatic nitrogens is 1. The predicted octanol–water partition coefficient (Wildman–Crippen LogP) is 3.89. The number of Topliss-reactive ketones (excluding diaryl/α,β-unsaturated/α-hetero) is 1. The molecule has 1 aliphatic carbocycles. The van der Waals surface area contributed by atoms with Gasteiger partial charge >= 0.3 is 5.97 Å². The third-order valence-corrected chi connectivity index (χ3v) is 4.77. The molecule has 1 aromatic heterocycles. The van der Waals surface area contributed by atoms with Crippen molar-refractivity contribution in [3.63, 3.8) is 0 Å². The van der Waals surface area contributed by atoms with Gasteiger partial charge in [-0.15, -0.1) is 0 Å². The summed E-state index contributed by atoms with van der Waals surface area (Å²) < 4.78 is 4.73. The normalized spacial score (nSPS) is 18.3. The second-order valence-corrected chi connectivity index (χ2v) is 6.32. The largest absolute Gasteiger partial charge is 0.469 e. The number of ether oxygens (including phenoxy) is 1. The van der Waals surface area contributed by atoms with Crippen LogP contribution in [0.15, 0.2) is 24.3 Å². The van der Waals surface area contributed by atoms with Crippen LogP contribution in [-0.4, -0.2) is 23.8 Å². The van der Waals surface area contributed by atoms with Gasteiger partial charge in [-0.3, -0.25) is 9.59 Å². The van der Waals surface area contributed by atoms with Crippen molar-refractivity contribution < 1.29 is 14.3 Å². The molecule has 1 aromatic carbocycles. The number of methoxy groups -OCH3 is 1. The summed E-state index contributed by atoms with van der Waals surface area (Å²) >= 11 is 0. The molecule has 1 aliphatic rings. The number of para-hydroxylation sites is 1. The Morgan fingerprint density at radius 1 is 1.35 bits per heavy atom. The van der Waals surface area contributed by atoms with Crippen molar-refractivity contribution >= 4 is 22.7 Å². The van der Waals surface area contributed by atoms with E-state index >= 15 is 0 Å². The number of aryl methyl sites for hydroxylation is 1. The number of fused-ring (bicyclic) bond motifs is 1. The zero-order valence-corrected chi connectivity index (χ0v) is 13.6. The lowest BCUT2D eigenvalue weighted by Gasteiger charge is -2.21. The highest BCUT2D eigenvalue weighted by Gasteiger charge is 2.25. The van der Waals surface area contributed by atoms with Gasteiger partial charge in [-0.2, -0.15) is 0 Å². The third-order valence-electron chi connectivity index (χ3n) is 4.77. The summed E-state index contributed by atoms with van der Waals surface area (Å²) in [5.41, 5.74) is 3.59. The van der Waals surface area contributed by atoms with Crippen LogP contribution in [0, 0.1) is 0 Å². The number of nitrogens with one attached hydrogen (secondary N) is 1. The predicted molar refractivity (Wildman–Crippen MR) is 89.5 cm³/mol. The lowest BCUT2D eigenvalue weighted by atomic mass is 9.84. The van der Waals surface area contributed by atoms with Crippen LogP contribution < -0.4 is 0 Å². The number of benzene rings is 1. The molecule has 1 fully saturated rings. The lowest BCUT2D eigenvalue weighted by Crippen LogP contribution is -2.15. The minimum Gasteiger partial charge on any atom is -0.469 e. The Balaban J connectivity index is 1.88. The second-order valence-electron chi connectivity index (χ2n) is 6.32. The van der Waals surface area contributed by atoms with E-state index in [1.165, 1.54) is 23.8 Å². The summed E-state index contributed by atoms with van der Waals surface area (Å²) in [5, 5.41) is 1.21. The quantitative estimate of drug-likeness (QED) is 0.852. The van der Waals surface area contributed by atoms with Gasteiger partial charge in [0, 0.05) is 41.8 Å². The van der Waals surface area contributed by atoms with Gasteiger partial charge < -0.3 is 9.72 Å². The van der Waals surface area contributed by atoms with Gasteiger partial charge in [0.25, 0.3) is 0 Å². The number of hydrogen-bond donors (Lipinski definition) is 1. The average Bonchev–Trinajstić information content (AvgIpc) is 2.93. The number of hydrogen-bond acceptors (Lipinski definition) is 3. The molecule has 4 heteroatoms. The number of carbonyl (C=O) groups is 2. The van der Waals surface area contributed by atoms with Crippen molar-refractivity contribution in [2.24, 2.45) is 0 Å². The summed E-state index contributed by atoms with van der Waals surface area (Å²) in [6, 6.07) is 8.25. The minimum atomic E-state index is -0.167. The van der Waals surface area contributed by atoms with Crippen molar-refractivity contribution in [3.8, 4) is 0 Å². The first-order valence-electron chi connectivity index (χ1n) is 8.37. The molecule has 1 N–H and O–H groups in total. The van der Waals surface area contributed by atoms with E-state index in [4.69, 9.17) is 4.74 Å². The van der Waals surface area contributed by atoms with Crippen molar-refractivity contribution in [1.82, 2.24) is 4.98 Å². The monoisotopic (exact) mass is 313 g/mol. The van der Waals surface area contributed by atoms with Gasteiger partial charge in [0.1, 0.15) is 5.78 Å². The van der Waals surface area contributed by atoms with Crippen molar-refractivity contribution in [2.75, 3.05) is 7.11 Å². The van der Waals surface area contributed by atoms with Gasteiger partial charge in [-0.05, 0) is 37.3 Å².